The Balaban J connectivity index is 3.63. The quantitative estimate of drug-likeness (QED) is 0.276. The van der Waals surface area contributed by atoms with Crippen molar-refractivity contribution in [3.8, 4) is 0 Å². The monoisotopic (exact) mass is 188 g/mol. The third-order valence-corrected chi connectivity index (χ3v) is 1.38. The summed E-state index contributed by atoms with van der Waals surface area (Å²) in [5.41, 5.74) is 0.378. The Bertz CT molecular complexity index is 176. The molecule has 13 heavy (non-hydrogen) atoms. The Morgan fingerprint density at radius 3 is 2.54 bits per heavy atom. The summed E-state index contributed by atoms with van der Waals surface area (Å²) in [7, 11) is 0. The van der Waals surface area contributed by atoms with Gasteiger partial charge in [0.05, 0.1) is 0 Å². The van der Waals surface area contributed by atoms with E-state index < -0.39 is 12.3 Å². The van der Waals surface area contributed by atoms with Gasteiger partial charge in [0.2, 0.25) is 0 Å². The number of ether oxygens (including phenoxy) is 1. The maximum atomic E-state index is 11.0. The molecule has 0 heterocycles. The molecule has 76 valence electrons. The molecule has 0 radical (unpaired) electrons. The van der Waals surface area contributed by atoms with Gasteiger partial charge in [0.1, 0.15) is 0 Å². The van der Waals surface area contributed by atoms with E-state index in [1.54, 1.807) is 6.92 Å². The zero-order valence-electron chi connectivity index (χ0n) is 8.33. The molecule has 0 aromatic heterocycles. The molecule has 0 saturated carbocycles. The molecule has 1 unspecified atom stereocenters. The van der Waals surface area contributed by atoms with Gasteiger partial charge in [0, 0.05) is 12.2 Å². The molecule has 0 aromatic rings. The fourth-order valence-electron chi connectivity index (χ4n) is 0.577. The summed E-state index contributed by atoms with van der Waals surface area (Å²) >= 11 is 0. The second-order valence-electron chi connectivity index (χ2n) is 2.45. The van der Waals surface area contributed by atoms with Crippen molar-refractivity contribution in [1.29, 1.82) is 0 Å². The van der Waals surface area contributed by atoms with Gasteiger partial charge in [-0.05, 0) is 20.3 Å². The first-order valence-electron chi connectivity index (χ1n) is 4.28. The summed E-state index contributed by atoms with van der Waals surface area (Å²) in [6, 6.07) is 0. The number of hydrogen-bond donors (Lipinski definition) is 0. The van der Waals surface area contributed by atoms with Crippen molar-refractivity contribution in [3.63, 3.8) is 0 Å². The maximum Gasteiger partial charge on any atom is 0.368 e. The smallest absolute Gasteiger partial charge is 0.349 e. The average molecular weight is 188 g/mol. The van der Waals surface area contributed by atoms with Gasteiger partial charge >= 0.3 is 5.97 Å². The minimum atomic E-state index is -0.547. The van der Waals surface area contributed by atoms with Crippen LogP contribution in [0.25, 0.3) is 0 Å². The van der Waals surface area contributed by atoms with Gasteiger partial charge in [-0.2, -0.15) is 4.89 Å². The summed E-state index contributed by atoms with van der Waals surface area (Å²) < 4.78 is 4.98. The van der Waals surface area contributed by atoms with E-state index in [2.05, 4.69) is 16.4 Å². The van der Waals surface area contributed by atoms with Crippen LogP contribution in [0.3, 0.4) is 0 Å². The molecule has 0 bridgehead atoms. The fraction of sp³-hybridized carbons (Fsp3) is 0.667. The van der Waals surface area contributed by atoms with Gasteiger partial charge in [-0.3, -0.25) is 4.89 Å². The Kier molecular flexibility index (Phi) is 6.18. The second kappa shape index (κ2) is 6.62. The van der Waals surface area contributed by atoms with Gasteiger partial charge in [-0.15, -0.1) is 0 Å². The van der Waals surface area contributed by atoms with Crippen molar-refractivity contribution in [1.82, 2.24) is 0 Å². The van der Waals surface area contributed by atoms with E-state index in [0.717, 1.165) is 0 Å². The zero-order chi connectivity index (χ0) is 10.3. The van der Waals surface area contributed by atoms with Gasteiger partial charge in [0.25, 0.3) is 0 Å². The molecule has 4 nitrogen and oxygen atoms in total. The van der Waals surface area contributed by atoms with E-state index in [0.29, 0.717) is 18.6 Å². The van der Waals surface area contributed by atoms with E-state index >= 15 is 0 Å². The van der Waals surface area contributed by atoms with Gasteiger partial charge < -0.3 is 4.74 Å². The van der Waals surface area contributed by atoms with Gasteiger partial charge in [-0.25, -0.2) is 4.79 Å². The predicted octanol–water partition coefficient (Wildman–Crippen LogP) is 1.81. The Hall–Kier alpha value is -0.870. The van der Waals surface area contributed by atoms with Crippen LogP contribution < -0.4 is 0 Å². The van der Waals surface area contributed by atoms with Crippen LogP contribution in [0.4, 0.5) is 0 Å². The van der Waals surface area contributed by atoms with E-state index in [1.165, 1.54) is 0 Å². The highest BCUT2D eigenvalue weighted by Gasteiger charge is 2.10. The normalized spacial score (nSPS) is 12.2. The number of rotatable bonds is 6. The van der Waals surface area contributed by atoms with E-state index in [1.807, 2.05) is 13.8 Å². The first-order valence-corrected chi connectivity index (χ1v) is 4.28. The molecule has 0 fully saturated rings. The minimum absolute atomic E-state index is 0.378. The van der Waals surface area contributed by atoms with Crippen LogP contribution in [0, 0.1) is 0 Å². The lowest BCUT2D eigenvalue weighted by molar-refractivity contribution is -0.343. The highest BCUT2D eigenvalue weighted by Crippen LogP contribution is 2.02. The van der Waals surface area contributed by atoms with Gasteiger partial charge in [-0.1, -0.05) is 13.5 Å². The van der Waals surface area contributed by atoms with Crippen molar-refractivity contribution in [3.05, 3.63) is 12.2 Å². The van der Waals surface area contributed by atoms with Gasteiger partial charge in [0.15, 0.2) is 6.29 Å². The largest absolute Gasteiger partial charge is 0.368 e. The van der Waals surface area contributed by atoms with Crippen LogP contribution in [0.1, 0.15) is 27.2 Å². The molecule has 0 aliphatic rings. The topological polar surface area (TPSA) is 44.8 Å². The van der Waals surface area contributed by atoms with Crippen molar-refractivity contribution in [2.75, 3.05) is 6.61 Å². The van der Waals surface area contributed by atoms with Crippen molar-refractivity contribution in [2.45, 2.75) is 33.5 Å². The van der Waals surface area contributed by atoms with Crippen molar-refractivity contribution < 1.29 is 19.3 Å². The zero-order valence-corrected chi connectivity index (χ0v) is 8.33. The Morgan fingerprint density at radius 2 is 2.08 bits per heavy atom. The third-order valence-electron chi connectivity index (χ3n) is 1.38. The van der Waals surface area contributed by atoms with Crippen LogP contribution in [0.5, 0.6) is 0 Å². The van der Waals surface area contributed by atoms with E-state index in [-0.39, 0.29) is 0 Å². The molecule has 0 rings (SSSR count). The first kappa shape index (κ1) is 12.1. The van der Waals surface area contributed by atoms with Crippen molar-refractivity contribution >= 4 is 5.97 Å². The number of carbonyl (C=O) groups is 1. The second-order valence-corrected chi connectivity index (χ2v) is 2.45. The van der Waals surface area contributed by atoms with Crippen LogP contribution in [0.15, 0.2) is 12.2 Å². The third kappa shape index (κ3) is 5.38. The molecule has 0 N–H and O–H groups in total. The molecule has 4 heteroatoms. The number of carbonyl (C=O) groups excluding carboxylic acids is 1. The average Bonchev–Trinajstić information content (AvgIpc) is 2.13. The highest BCUT2D eigenvalue weighted by atomic mass is 17.2. The molecular formula is C9H16O4. The molecule has 0 spiro atoms. The lowest BCUT2D eigenvalue weighted by atomic mass is 10.2. The first-order chi connectivity index (χ1) is 6.11. The summed E-state index contributed by atoms with van der Waals surface area (Å²) in [5.74, 6) is -0.547. The lowest BCUT2D eigenvalue weighted by Gasteiger charge is -2.10. The molecule has 0 aliphatic carbocycles. The van der Waals surface area contributed by atoms with Crippen LogP contribution in [0.2, 0.25) is 0 Å². The molecule has 1 atom stereocenters. The highest BCUT2D eigenvalue weighted by molar-refractivity contribution is 5.87. The molecule has 0 amide bonds. The predicted molar refractivity (Wildman–Crippen MR) is 47.7 cm³/mol. The van der Waals surface area contributed by atoms with Crippen molar-refractivity contribution in [2.24, 2.45) is 0 Å². The summed E-state index contributed by atoms with van der Waals surface area (Å²) in [5, 5.41) is 0. The van der Waals surface area contributed by atoms with Crippen LogP contribution in [-0.2, 0) is 19.3 Å². The molecule has 0 aliphatic heterocycles. The standard InChI is InChI=1S/C9H16O4/c1-5-7(3)9(10)13-12-8(4)11-6-2/h8H,3,5-6H2,1-2,4H3. The fourth-order valence-corrected chi connectivity index (χ4v) is 0.577. The molecule has 0 aromatic carbocycles. The van der Waals surface area contributed by atoms with Crippen LogP contribution >= 0.6 is 0 Å². The lowest BCUT2D eigenvalue weighted by Crippen LogP contribution is -2.17. The van der Waals surface area contributed by atoms with E-state index in [4.69, 9.17) is 4.74 Å². The summed E-state index contributed by atoms with van der Waals surface area (Å²) in [6.45, 7) is 9.29. The Morgan fingerprint density at radius 1 is 1.46 bits per heavy atom. The minimum Gasteiger partial charge on any atom is -0.349 e. The SMILES string of the molecule is C=C(CC)C(=O)OOC(C)OCC. The summed E-state index contributed by atoms with van der Waals surface area (Å²) in [6.07, 6.45) is 0.00388. The maximum absolute atomic E-state index is 11.0. The molecule has 0 saturated heterocycles. The van der Waals surface area contributed by atoms with E-state index in [9.17, 15) is 4.79 Å². The molecular weight excluding hydrogens is 172 g/mol. The number of hydrogen-bond acceptors (Lipinski definition) is 4. The Labute approximate surface area is 78.4 Å². The van der Waals surface area contributed by atoms with Crippen LogP contribution in [-0.4, -0.2) is 18.9 Å². The summed E-state index contributed by atoms with van der Waals surface area (Å²) in [4.78, 5) is 20.1.